The van der Waals surface area contributed by atoms with Gasteiger partial charge in [0.15, 0.2) is 0 Å². The number of sulfonamides is 1. The molecule has 1 N–H and O–H groups in total. The Morgan fingerprint density at radius 1 is 0.909 bits per heavy atom. The van der Waals surface area contributed by atoms with Crippen molar-refractivity contribution in [1.29, 1.82) is 0 Å². The van der Waals surface area contributed by atoms with Crippen molar-refractivity contribution >= 4 is 27.5 Å². The summed E-state index contributed by atoms with van der Waals surface area (Å²) < 4.78 is 40.3. The lowest BCUT2D eigenvalue weighted by Gasteiger charge is -2.34. The zero-order chi connectivity index (χ0) is 31.5. The molecule has 0 bridgehead atoms. The van der Waals surface area contributed by atoms with Crippen LogP contribution in [-0.2, 0) is 26.0 Å². The Balaban J connectivity index is 1.72. The first-order valence-electron chi connectivity index (χ1n) is 15.2. The second kappa shape index (κ2) is 15.6. The van der Waals surface area contributed by atoms with Gasteiger partial charge < -0.3 is 19.7 Å². The number of carbonyl (C=O) groups is 2. The molecule has 2 amide bonds. The first kappa shape index (κ1) is 32.9. The molecule has 9 nitrogen and oxygen atoms in total. The van der Waals surface area contributed by atoms with E-state index >= 15 is 0 Å². The summed E-state index contributed by atoms with van der Waals surface area (Å²) >= 11 is 0. The van der Waals surface area contributed by atoms with Gasteiger partial charge in [0.05, 0.1) is 24.8 Å². The predicted octanol–water partition coefficient (Wildman–Crippen LogP) is 5.20. The maximum atomic E-state index is 14.3. The van der Waals surface area contributed by atoms with Crippen LogP contribution in [0.4, 0.5) is 5.69 Å². The van der Waals surface area contributed by atoms with Crippen molar-refractivity contribution in [1.82, 2.24) is 10.2 Å². The summed E-state index contributed by atoms with van der Waals surface area (Å²) in [5.41, 5.74) is 1.17. The topological polar surface area (TPSA) is 105 Å². The number of carbonyl (C=O) groups excluding carboxylic acids is 2. The number of hydrogen-bond acceptors (Lipinski definition) is 6. The third kappa shape index (κ3) is 8.11. The van der Waals surface area contributed by atoms with Gasteiger partial charge in [-0.3, -0.25) is 13.9 Å². The molecule has 236 valence electrons. The Bertz CT molecular complexity index is 1480. The highest BCUT2D eigenvalue weighted by atomic mass is 32.2. The molecule has 0 heterocycles. The molecule has 1 saturated carbocycles. The van der Waals surface area contributed by atoms with Gasteiger partial charge in [0.1, 0.15) is 24.1 Å². The van der Waals surface area contributed by atoms with Gasteiger partial charge >= 0.3 is 0 Å². The fourth-order valence-corrected chi connectivity index (χ4v) is 7.10. The van der Waals surface area contributed by atoms with Gasteiger partial charge in [-0.25, -0.2) is 8.42 Å². The Labute approximate surface area is 261 Å². The van der Waals surface area contributed by atoms with Gasteiger partial charge in [-0.2, -0.15) is 0 Å². The third-order valence-electron chi connectivity index (χ3n) is 8.09. The number of benzene rings is 3. The second-order valence-corrected chi connectivity index (χ2v) is 12.8. The summed E-state index contributed by atoms with van der Waals surface area (Å²) in [6, 6.07) is 21.8. The minimum atomic E-state index is -4.23. The van der Waals surface area contributed by atoms with E-state index in [0.29, 0.717) is 18.6 Å². The number of nitrogens with one attached hydrogen (secondary N) is 1. The fourth-order valence-electron chi connectivity index (χ4n) is 5.66. The van der Waals surface area contributed by atoms with Crippen LogP contribution in [0.3, 0.4) is 0 Å². The van der Waals surface area contributed by atoms with E-state index in [4.69, 9.17) is 9.47 Å². The van der Waals surface area contributed by atoms with Crippen molar-refractivity contribution in [2.45, 2.75) is 68.8 Å². The Morgan fingerprint density at radius 3 is 2.18 bits per heavy atom. The lowest BCUT2D eigenvalue weighted by atomic mass is 9.95. The van der Waals surface area contributed by atoms with Crippen LogP contribution in [0, 0.1) is 0 Å². The van der Waals surface area contributed by atoms with Gasteiger partial charge in [0.2, 0.25) is 11.8 Å². The van der Waals surface area contributed by atoms with Crippen LogP contribution in [0.1, 0.15) is 51.0 Å². The molecule has 3 aromatic carbocycles. The highest BCUT2D eigenvalue weighted by Crippen LogP contribution is 2.36. The largest absolute Gasteiger partial charge is 0.497 e. The quantitative estimate of drug-likeness (QED) is 0.265. The summed E-state index contributed by atoms with van der Waals surface area (Å²) in [6.45, 7) is 1.58. The predicted molar refractivity (Wildman–Crippen MR) is 171 cm³/mol. The molecule has 1 fully saturated rings. The molecule has 1 aliphatic rings. The fraction of sp³-hybridized carbons (Fsp3) is 0.412. The standard InChI is InChI=1S/C34H43N3O6S/c1-4-30(34(39)35-27-16-10-6-11-17-27)36(23-22-26-14-8-5-9-15-26)33(38)25-37(44(40,41)29-18-12-7-13-19-29)31-24-28(42-2)20-21-32(31)43-3/h5,7-9,12-15,18-21,24,27,30H,4,6,10-11,16-17,22-23,25H2,1-3H3,(H,35,39)/t30-/m0/s1. The lowest BCUT2D eigenvalue weighted by molar-refractivity contribution is -0.140. The average Bonchev–Trinajstić information content (AvgIpc) is 3.06. The van der Waals surface area contributed by atoms with Crippen LogP contribution in [0.5, 0.6) is 11.5 Å². The Morgan fingerprint density at radius 2 is 1.57 bits per heavy atom. The molecule has 0 unspecified atom stereocenters. The first-order valence-corrected chi connectivity index (χ1v) is 16.7. The Hall–Kier alpha value is -4.05. The van der Waals surface area contributed by atoms with E-state index in [1.807, 2.05) is 37.3 Å². The zero-order valence-corrected chi connectivity index (χ0v) is 26.6. The number of ether oxygens (including phenoxy) is 2. The monoisotopic (exact) mass is 621 g/mol. The molecule has 10 heteroatoms. The van der Waals surface area contributed by atoms with Crippen LogP contribution in [-0.4, -0.2) is 64.5 Å². The second-order valence-electron chi connectivity index (χ2n) is 11.0. The molecule has 0 spiro atoms. The summed E-state index contributed by atoms with van der Waals surface area (Å²) in [5.74, 6) is -0.0371. The normalized spacial score (nSPS) is 14.3. The van der Waals surface area contributed by atoms with Crippen molar-refractivity contribution < 1.29 is 27.5 Å². The van der Waals surface area contributed by atoms with E-state index in [2.05, 4.69) is 5.32 Å². The lowest BCUT2D eigenvalue weighted by Crippen LogP contribution is -2.54. The molecular weight excluding hydrogens is 578 g/mol. The summed E-state index contributed by atoms with van der Waals surface area (Å²) in [6.07, 6.45) is 6.00. The molecule has 0 aliphatic heterocycles. The van der Waals surface area contributed by atoms with Crippen molar-refractivity contribution in [2.24, 2.45) is 0 Å². The minimum Gasteiger partial charge on any atom is -0.497 e. The molecule has 3 aromatic rings. The summed E-state index contributed by atoms with van der Waals surface area (Å²) in [5, 5.41) is 3.18. The summed E-state index contributed by atoms with van der Waals surface area (Å²) in [4.78, 5) is 29.6. The van der Waals surface area contributed by atoms with Crippen molar-refractivity contribution in [3.63, 3.8) is 0 Å². The molecule has 1 atom stereocenters. The summed E-state index contributed by atoms with van der Waals surface area (Å²) in [7, 11) is -1.31. The first-order chi connectivity index (χ1) is 21.3. The molecule has 4 rings (SSSR count). The van der Waals surface area contributed by atoms with E-state index < -0.39 is 28.5 Å². The SMILES string of the molecule is CC[C@@H](C(=O)NC1CCCCC1)N(CCc1ccccc1)C(=O)CN(c1cc(OC)ccc1OC)S(=O)(=O)c1ccccc1. The van der Waals surface area contributed by atoms with E-state index in [0.717, 1.165) is 42.0 Å². The maximum absolute atomic E-state index is 14.3. The molecule has 0 radical (unpaired) electrons. The number of hydrogen-bond donors (Lipinski definition) is 1. The van der Waals surface area contributed by atoms with Crippen LogP contribution < -0.4 is 19.1 Å². The number of anilines is 1. The van der Waals surface area contributed by atoms with Crippen molar-refractivity contribution in [2.75, 3.05) is 31.6 Å². The van der Waals surface area contributed by atoms with Crippen LogP contribution in [0.15, 0.2) is 83.8 Å². The molecule has 0 aromatic heterocycles. The highest BCUT2D eigenvalue weighted by Gasteiger charge is 2.35. The van der Waals surface area contributed by atoms with Gasteiger partial charge in [-0.1, -0.05) is 74.7 Å². The van der Waals surface area contributed by atoms with E-state index in [-0.39, 0.29) is 34.8 Å². The van der Waals surface area contributed by atoms with Crippen LogP contribution in [0.25, 0.3) is 0 Å². The number of nitrogens with zero attached hydrogens (tertiary/aromatic N) is 2. The van der Waals surface area contributed by atoms with Crippen LogP contribution >= 0.6 is 0 Å². The Kier molecular flexibility index (Phi) is 11.7. The maximum Gasteiger partial charge on any atom is 0.264 e. The number of rotatable bonds is 14. The van der Waals surface area contributed by atoms with Crippen LogP contribution in [0.2, 0.25) is 0 Å². The molecule has 44 heavy (non-hydrogen) atoms. The number of amides is 2. The van der Waals surface area contributed by atoms with Gasteiger partial charge in [-0.15, -0.1) is 0 Å². The van der Waals surface area contributed by atoms with Gasteiger partial charge in [0.25, 0.3) is 10.0 Å². The zero-order valence-electron chi connectivity index (χ0n) is 25.8. The third-order valence-corrected chi connectivity index (χ3v) is 9.86. The smallest absolute Gasteiger partial charge is 0.264 e. The van der Waals surface area contributed by atoms with E-state index in [1.165, 1.54) is 37.3 Å². The van der Waals surface area contributed by atoms with Gasteiger partial charge in [0, 0.05) is 18.7 Å². The van der Waals surface area contributed by atoms with Crippen molar-refractivity contribution in [3.05, 3.63) is 84.4 Å². The molecule has 1 aliphatic carbocycles. The van der Waals surface area contributed by atoms with E-state index in [9.17, 15) is 18.0 Å². The number of methoxy groups -OCH3 is 2. The highest BCUT2D eigenvalue weighted by molar-refractivity contribution is 7.92. The minimum absolute atomic E-state index is 0.0237. The van der Waals surface area contributed by atoms with Crippen molar-refractivity contribution in [3.8, 4) is 11.5 Å². The van der Waals surface area contributed by atoms with Gasteiger partial charge in [-0.05, 0) is 55.5 Å². The van der Waals surface area contributed by atoms with E-state index in [1.54, 1.807) is 30.3 Å². The molecular formula is C34H43N3O6S. The average molecular weight is 622 g/mol. The molecule has 0 saturated heterocycles.